The molecule has 136 valence electrons. The van der Waals surface area contributed by atoms with E-state index in [-0.39, 0.29) is 0 Å². The average molecular weight is 345 g/mol. The van der Waals surface area contributed by atoms with Crippen LogP contribution in [0.4, 0.5) is 0 Å². The molecule has 0 saturated carbocycles. The Balaban J connectivity index is 2.66. The summed E-state index contributed by atoms with van der Waals surface area (Å²) in [5.74, 6) is 0. The van der Waals surface area contributed by atoms with Crippen molar-refractivity contribution in [1.82, 2.24) is 0 Å². The van der Waals surface area contributed by atoms with Gasteiger partial charge in [0.25, 0.3) is 0 Å². The van der Waals surface area contributed by atoms with E-state index in [0.29, 0.717) is 0 Å². The van der Waals surface area contributed by atoms with Gasteiger partial charge < -0.3 is 0 Å². The minimum atomic E-state index is 1.09. The molecule has 0 amide bonds. The predicted molar refractivity (Wildman–Crippen MR) is 118 cm³/mol. The standard InChI is InChI=1S/C26H32/c1-9-17(4)20(7)24(11-3)26-14-12-13-25(21(26)8)22-15-18(5)23(10-2)19(6)16-22/h9,11-16H,1,10H2,2-8H3/b20-17-,24-11+. The number of hydrogen-bond donors (Lipinski definition) is 0. The highest BCUT2D eigenvalue weighted by Crippen LogP contribution is 2.34. The topological polar surface area (TPSA) is 0 Å². The SMILES string of the molecule is C=C/C(C)=C(C)\C(=C/C)c1cccc(-c2cc(C)c(CC)c(C)c2)c1C. The summed E-state index contributed by atoms with van der Waals surface area (Å²) in [6.45, 7) is 19.3. The third kappa shape index (κ3) is 3.75. The first kappa shape index (κ1) is 20.0. The van der Waals surface area contributed by atoms with Crippen molar-refractivity contribution in [3.05, 3.63) is 88.0 Å². The van der Waals surface area contributed by atoms with E-state index < -0.39 is 0 Å². The third-order valence-electron chi connectivity index (χ3n) is 5.57. The molecule has 2 rings (SSSR count). The van der Waals surface area contributed by atoms with E-state index >= 15 is 0 Å². The zero-order valence-electron chi connectivity index (χ0n) is 17.5. The van der Waals surface area contributed by atoms with Crippen LogP contribution >= 0.6 is 0 Å². The van der Waals surface area contributed by atoms with Crippen molar-refractivity contribution < 1.29 is 0 Å². The summed E-state index contributed by atoms with van der Waals surface area (Å²) < 4.78 is 0. The van der Waals surface area contributed by atoms with Gasteiger partial charge in [0.05, 0.1) is 0 Å². The van der Waals surface area contributed by atoms with E-state index in [2.05, 4.69) is 91.5 Å². The largest absolute Gasteiger partial charge is 0.0988 e. The number of aryl methyl sites for hydroxylation is 2. The van der Waals surface area contributed by atoms with Crippen molar-refractivity contribution in [3.8, 4) is 11.1 Å². The first-order chi connectivity index (χ1) is 12.3. The van der Waals surface area contributed by atoms with Gasteiger partial charge in [0, 0.05) is 0 Å². The molecule has 0 aliphatic carbocycles. The molecule has 2 aromatic carbocycles. The minimum absolute atomic E-state index is 1.09. The zero-order valence-corrected chi connectivity index (χ0v) is 17.5. The molecule has 0 spiro atoms. The zero-order chi connectivity index (χ0) is 19.4. The molecule has 0 heterocycles. The Hall–Kier alpha value is -2.34. The van der Waals surface area contributed by atoms with Gasteiger partial charge in [-0.15, -0.1) is 0 Å². The molecule has 0 fully saturated rings. The van der Waals surface area contributed by atoms with Gasteiger partial charge in [-0.3, -0.25) is 0 Å². The summed E-state index contributed by atoms with van der Waals surface area (Å²) in [4.78, 5) is 0. The lowest BCUT2D eigenvalue weighted by Gasteiger charge is -2.18. The Morgan fingerprint density at radius 2 is 1.65 bits per heavy atom. The molecule has 0 atom stereocenters. The Labute approximate surface area is 160 Å². The van der Waals surface area contributed by atoms with Crippen molar-refractivity contribution >= 4 is 5.57 Å². The van der Waals surface area contributed by atoms with E-state index in [1.54, 1.807) is 0 Å². The molecule has 0 aliphatic rings. The predicted octanol–water partition coefficient (Wildman–Crippen LogP) is 7.77. The Bertz CT molecular complexity index is 865. The molecule has 0 saturated heterocycles. The van der Waals surface area contributed by atoms with Crippen LogP contribution in [0.3, 0.4) is 0 Å². The fourth-order valence-electron chi connectivity index (χ4n) is 3.89. The molecule has 2 aromatic rings. The van der Waals surface area contributed by atoms with Gasteiger partial charge in [0.15, 0.2) is 0 Å². The highest BCUT2D eigenvalue weighted by atomic mass is 14.2. The fourth-order valence-corrected chi connectivity index (χ4v) is 3.89. The van der Waals surface area contributed by atoms with Crippen LogP contribution in [0.2, 0.25) is 0 Å². The quantitative estimate of drug-likeness (QED) is 0.486. The summed E-state index contributed by atoms with van der Waals surface area (Å²) in [5, 5.41) is 0. The van der Waals surface area contributed by atoms with E-state index in [4.69, 9.17) is 0 Å². The summed E-state index contributed by atoms with van der Waals surface area (Å²) in [5.41, 5.74) is 13.3. The molecule has 0 bridgehead atoms. The van der Waals surface area contributed by atoms with Gasteiger partial charge in [0.2, 0.25) is 0 Å². The number of rotatable bonds is 5. The van der Waals surface area contributed by atoms with Crippen molar-refractivity contribution in [2.45, 2.75) is 54.9 Å². The number of benzene rings is 2. The van der Waals surface area contributed by atoms with E-state index in [9.17, 15) is 0 Å². The third-order valence-corrected chi connectivity index (χ3v) is 5.57. The van der Waals surface area contributed by atoms with Crippen LogP contribution in [0.25, 0.3) is 16.7 Å². The van der Waals surface area contributed by atoms with Crippen molar-refractivity contribution in [2.75, 3.05) is 0 Å². The number of allylic oxidation sites excluding steroid dienone is 5. The Morgan fingerprint density at radius 3 is 2.15 bits per heavy atom. The lowest BCUT2D eigenvalue weighted by atomic mass is 9.87. The second-order valence-electron chi connectivity index (χ2n) is 7.13. The van der Waals surface area contributed by atoms with Crippen LogP contribution in [0, 0.1) is 20.8 Å². The van der Waals surface area contributed by atoms with Crippen LogP contribution < -0.4 is 0 Å². The molecule has 0 heteroatoms. The molecule has 0 radical (unpaired) electrons. The van der Waals surface area contributed by atoms with Gasteiger partial charge in [-0.25, -0.2) is 0 Å². The maximum absolute atomic E-state index is 3.93. The molecule has 0 aliphatic heterocycles. The second kappa shape index (κ2) is 8.36. The highest BCUT2D eigenvalue weighted by Gasteiger charge is 2.13. The second-order valence-corrected chi connectivity index (χ2v) is 7.13. The van der Waals surface area contributed by atoms with E-state index in [1.807, 2.05) is 6.08 Å². The first-order valence-electron chi connectivity index (χ1n) is 9.52. The smallest absolute Gasteiger partial charge is 0.0148 e. The molecule has 0 aromatic heterocycles. The summed E-state index contributed by atoms with van der Waals surface area (Å²) in [6.07, 6.45) is 5.24. The van der Waals surface area contributed by atoms with Crippen LogP contribution in [0.15, 0.2) is 60.2 Å². The summed E-state index contributed by atoms with van der Waals surface area (Å²) in [7, 11) is 0. The van der Waals surface area contributed by atoms with Gasteiger partial charge in [0.1, 0.15) is 0 Å². The van der Waals surface area contributed by atoms with Crippen LogP contribution in [0.1, 0.15) is 55.5 Å². The lowest BCUT2D eigenvalue weighted by Crippen LogP contribution is -1.97. The van der Waals surface area contributed by atoms with E-state index in [1.165, 1.54) is 55.7 Å². The van der Waals surface area contributed by atoms with Gasteiger partial charge in [-0.2, -0.15) is 0 Å². The maximum Gasteiger partial charge on any atom is -0.0148 e. The lowest BCUT2D eigenvalue weighted by molar-refractivity contribution is 1.08. The molecular formula is C26H32. The fraction of sp³-hybridized carbons (Fsp3) is 0.308. The monoisotopic (exact) mass is 344 g/mol. The number of hydrogen-bond acceptors (Lipinski definition) is 0. The molecule has 0 nitrogen and oxygen atoms in total. The normalized spacial score (nSPS) is 12.8. The highest BCUT2D eigenvalue weighted by molar-refractivity contribution is 5.85. The van der Waals surface area contributed by atoms with Crippen LogP contribution in [0.5, 0.6) is 0 Å². The van der Waals surface area contributed by atoms with Gasteiger partial charge in [-0.05, 0) is 104 Å². The first-order valence-corrected chi connectivity index (χ1v) is 9.52. The molecular weight excluding hydrogens is 312 g/mol. The summed E-state index contributed by atoms with van der Waals surface area (Å²) >= 11 is 0. The van der Waals surface area contributed by atoms with Crippen LogP contribution in [-0.2, 0) is 6.42 Å². The van der Waals surface area contributed by atoms with Crippen molar-refractivity contribution in [2.24, 2.45) is 0 Å². The minimum Gasteiger partial charge on any atom is -0.0988 e. The Kier molecular flexibility index (Phi) is 6.42. The molecule has 0 unspecified atom stereocenters. The van der Waals surface area contributed by atoms with Crippen molar-refractivity contribution in [3.63, 3.8) is 0 Å². The Morgan fingerprint density at radius 1 is 1.04 bits per heavy atom. The maximum atomic E-state index is 3.93. The van der Waals surface area contributed by atoms with Crippen LogP contribution in [-0.4, -0.2) is 0 Å². The van der Waals surface area contributed by atoms with Gasteiger partial charge in [-0.1, -0.05) is 56.0 Å². The molecule has 0 N–H and O–H groups in total. The summed E-state index contributed by atoms with van der Waals surface area (Å²) in [6, 6.07) is 11.3. The average Bonchev–Trinajstić information content (AvgIpc) is 2.62. The molecule has 26 heavy (non-hydrogen) atoms. The van der Waals surface area contributed by atoms with Gasteiger partial charge >= 0.3 is 0 Å². The van der Waals surface area contributed by atoms with Crippen molar-refractivity contribution in [1.29, 1.82) is 0 Å². The van der Waals surface area contributed by atoms with E-state index in [0.717, 1.165) is 6.42 Å².